The first-order valence-corrected chi connectivity index (χ1v) is 34.2. The zero-order valence-electron chi connectivity index (χ0n) is 62.2. The van der Waals surface area contributed by atoms with Gasteiger partial charge in [-0.25, -0.2) is 53.6 Å². The summed E-state index contributed by atoms with van der Waals surface area (Å²) in [5, 5.41) is 17.9. The van der Waals surface area contributed by atoms with E-state index in [1.807, 2.05) is 18.2 Å². The van der Waals surface area contributed by atoms with Crippen LogP contribution in [0.5, 0.6) is 0 Å². The lowest BCUT2D eigenvalue weighted by atomic mass is 10.1. The Morgan fingerprint density at radius 2 is 0.754 bits per heavy atom. The van der Waals surface area contributed by atoms with Gasteiger partial charge in [0, 0.05) is 103 Å². The molecule has 13 rings (SSSR count). The first kappa shape index (κ1) is 85.0. The summed E-state index contributed by atoms with van der Waals surface area (Å²) in [6.45, 7) is 8.04. The molecule has 0 bridgehead atoms. The molecule has 0 atom stereocenters. The zero-order chi connectivity index (χ0) is 84.9. The molecule has 0 saturated carbocycles. The van der Waals surface area contributed by atoms with Crippen molar-refractivity contribution < 1.29 is 71.9 Å². The van der Waals surface area contributed by atoms with E-state index in [2.05, 4.69) is 108 Å². The molecule has 7 N–H and O–H groups in total. The molecule has 4 amide bonds. The number of nitrogens with zero attached hydrogens (tertiary/aromatic N) is 19. The van der Waals surface area contributed by atoms with Gasteiger partial charge >= 0.3 is 24.7 Å². The Hall–Kier alpha value is -15.4. The highest BCUT2D eigenvalue weighted by molar-refractivity contribution is 5.92. The van der Waals surface area contributed by atoms with Gasteiger partial charge in [-0.1, -0.05) is 12.1 Å². The third-order valence-electron chi connectivity index (χ3n) is 15.4. The van der Waals surface area contributed by atoms with Crippen LogP contribution in [0.15, 0.2) is 214 Å². The van der Waals surface area contributed by atoms with Crippen molar-refractivity contribution in [2.24, 2.45) is 0 Å². The Kier molecular flexibility index (Phi) is 27.3. The summed E-state index contributed by atoms with van der Waals surface area (Å²) in [6, 6.07) is 30.3. The van der Waals surface area contributed by atoms with Crippen LogP contribution in [-0.4, -0.2) is 120 Å². The molecule has 8 aromatic heterocycles. The monoisotopic (exact) mass is 1630 g/mol. The number of aromatic nitrogens is 18. The van der Waals surface area contributed by atoms with Crippen LogP contribution in [-0.2, 0) is 43.9 Å². The second-order valence-corrected chi connectivity index (χ2v) is 24.9. The van der Waals surface area contributed by atoms with Crippen molar-refractivity contribution in [1.82, 2.24) is 111 Å². The van der Waals surface area contributed by atoms with Gasteiger partial charge < -0.3 is 0 Å². The van der Waals surface area contributed by atoms with E-state index in [0.29, 0.717) is 50.8 Å². The Morgan fingerprint density at radius 1 is 0.381 bits per heavy atom. The molecule has 0 aliphatic carbocycles. The third kappa shape index (κ3) is 25.5. The number of hydrogen-bond donors (Lipinski definition) is 7. The van der Waals surface area contributed by atoms with E-state index in [4.69, 9.17) is 0 Å². The Morgan fingerprint density at radius 3 is 1.13 bits per heavy atom. The number of alkyl halides is 12. The summed E-state index contributed by atoms with van der Waals surface area (Å²) in [7, 11) is 1.66. The van der Waals surface area contributed by atoms with Crippen LogP contribution in [0.2, 0.25) is 0 Å². The number of nitrogens with one attached hydrogen (secondary N) is 7. The van der Waals surface area contributed by atoms with E-state index in [9.17, 15) is 71.9 Å². The predicted molar refractivity (Wildman–Crippen MR) is 409 cm³/mol. The fraction of sp³-hybridized carbons (Fsp3) is 0.132. The van der Waals surface area contributed by atoms with Crippen molar-refractivity contribution in [3.63, 3.8) is 0 Å². The Labute approximate surface area is 660 Å². The lowest BCUT2D eigenvalue weighted by Gasteiger charge is -2.18. The number of benzene rings is 5. The van der Waals surface area contributed by atoms with Gasteiger partial charge in [0.15, 0.2) is 29.1 Å². The van der Waals surface area contributed by atoms with E-state index >= 15 is 0 Å². The molecule has 0 aliphatic heterocycles. The second-order valence-electron chi connectivity index (χ2n) is 24.9. The number of rotatable bonds is 20. The number of anilines is 4. The fourth-order valence-electron chi connectivity index (χ4n) is 10.1. The lowest BCUT2D eigenvalue weighted by Crippen LogP contribution is -2.38. The summed E-state index contributed by atoms with van der Waals surface area (Å²) < 4.78 is 161. The molecule has 118 heavy (non-hydrogen) atoms. The quantitative estimate of drug-likeness (QED) is 0.0212. The molecule has 30 nitrogen and oxygen atoms in total. The number of para-hydroxylation sites is 2. The van der Waals surface area contributed by atoms with Crippen molar-refractivity contribution in [2.75, 3.05) is 28.3 Å². The van der Waals surface area contributed by atoms with Gasteiger partial charge in [-0.15, -0.1) is 20.4 Å². The van der Waals surface area contributed by atoms with Crippen LogP contribution in [0.25, 0.3) is 81.4 Å². The first-order chi connectivity index (χ1) is 56.0. The van der Waals surface area contributed by atoms with Crippen LogP contribution >= 0.6 is 0 Å². The van der Waals surface area contributed by atoms with Gasteiger partial charge in [0.1, 0.15) is 37.5 Å². The number of fused-ring (bicyclic) bond motifs is 1. The number of hydrazine groups is 4. The van der Waals surface area contributed by atoms with Gasteiger partial charge in [-0.3, -0.25) is 77.1 Å². The topological polar surface area (TPSA) is 356 Å². The summed E-state index contributed by atoms with van der Waals surface area (Å²) >= 11 is 0. The Balaban J connectivity index is 0.000000166. The van der Waals surface area contributed by atoms with Crippen LogP contribution in [0, 0.1) is 34.6 Å². The van der Waals surface area contributed by atoms with Crippen LogP contribution < -0.4 is 43.0 Å². The summed E-state index contributed by atoms with van der Waals surface area (Å²) in [5.41, 5.74) is 20.9. The molecule has 13 aromatic rings. The van der Waals surface area contributed by atoms with Gasteiger partial charge in [0.25, 0.3) is 23.6 Å². The van der Waals surface area contributed by atoms with Crippen molar-refractivity contribution in [3.05, 3.63) is 265 Å². The minimum absolute atomic E-state index is 0.105. The molecule has 606 valence electrons. The number of hydrogen-bond acceptors (Lipinski definition) is 22. The van der Waals surface area contributed by atoms with Crippen LogP contribution in [0.3, 0.4) is 0 Å². The smallest absolute Gasteiger partial charge is 0.297 e. The minimum Gasteiger partial charge on any atom is -0.297 e. The van der Waals surface area contributed by atoms with E-state index in [-0.39, 0.29) is 45.6 Å². The molecule has 42 heteroatoms. The minimum atomic E-state index is -4.47. The third-order valence-corrected chi connectivity index (χ3v) is 15.4. The van der Waals surface area contributed by atoms with Gasteiger partial charge in [-0.2, -0.15) is 52.7 Å². The number of carbonyl (C=O) groups excluding carboxylic acids is 4. The molecule has 0 saturated heterocycles. The van der Waals surface area contributed by atoms with Crippen molar-refractivity contribution >= 4 is 82.5 Å². The Bertz CT molecular complexity index is 5800. The largest absolute Gasteiger partial charge is 0.416 e. The number of pyridine rings is 2. The van der Waals surface area contributed by atoms with Crippen molar-refractivity contribution in [3.8, 4) is 45.6 Å². The molecular formula is C76H64F12N26O4. The van der Waals surface area contributed by atoms with E-state index in [1.54, 1.807) is 121 Å². The summed E-state index contributed by atoms with van der Waals surface area (Å²) in [4.78, 5) is 88.0. The SMILES string of the molecule is Cc1cc(-c2ncn(/C=C\C(=O)NN(C)c3cccnc3)n2)cc(C(F)(F)F)c1.Cc1cc(-c2ncn(/C=C\C(=O)NNc3cc(C)ncn3)n2)cc(C(F)(F)F)c1.Cc1cc(-c2ncn(/C=C\C(=O)NNc3cccnc3)n2)cc(C(F)(F)F)c1.Cc1cc(-c2ncn(/C=C\C(=O)NNc3cnc4ccccc4n3)n2)cc(C(F)(F)F)c1. The van der Waals surface area contributed by atoms with E-state index < -0.39 is 70.6 Å². The highest BCUT2D eigenvalue weighted by atomic mass is 19.4. The normalized spacial score (nSPS) is 11.6. The number of aryl methyl sites for hydroxylation is 5. The average Bonchev–Trinajstić information content (AvgIpc) is 1.55. The van der Waals surface area contributed by atoms with E-state index in [0.717, 1.165) is 59.7 Å². The molecule has 0 aliphatic rings. The van der Waals surface area contributed by atoms with Crippen LogP contribution in [0.1, 0.15) is 50.2 Å². The van der Waals surface area contributed by atoms with Gasteiger partial charge in [0.05, 0.1) is 63.3 Å². The molecule has 0 radical (unpaired) electrons. The average molecular weight is 1630 g/mol. The highest BCUT2D eigenvalue weighted by Gasteiger charge is 2.34. The first-order valence-electron chi connectivity index (χ1n) is 34.2. The lowest BCUT2D eigenvalue weighted by molar-refractivity contribution is -0.138. The number of carbonyl (C=O) groups is 4. The van der Waals surface area contributed by atoms with Crippen molar-refractivity contribution in [1.29, 1.82) is 0 Å². The maximum atomic E-state index is 13.0. The number of amides is 4. The standard InChI is InChI=1S/C21H16F3N7O.C19H17F3N6O.C18H16F3N7O.C18H15F3N6O/c1-13-8-14(10-15(9-13)21(22,23)24)20-26-12-31(30-20)7-6-19(32)29-28-18-11-25-16-4-2-3-5-17(16)27-18;1-13-8-14(10-15(9-13)19(20,21)22)18-24-12-28(26-18)7-5-17(29)25-27(2)16-4-3-6-23-11-16;1-11-5-13(8-14(6-11)18(19,20)21)17-24-10-28(27-17)4-3-16(29)26-25-15-7-12(2)22-9-23-15;1-12-7-13(9-14(8-12)18(19,20)21)17-23-11-27(26-17)6-4-16(28)25-24-15-3-2-5-22-10-15/h2-12H,1H3,(H,27,28)(H,29,32);3-12H,1-2H3,(H,25,29);3-10H,1-2H3,(H,26,29)(H,22,23,25);2-11,24H,1H3,(H,25,28)/b7-6-;7-5-;4-3-;6-4-. The number of halogens is 12. The molecule has 0 spiro atoms. The zero-order valence-corrected chi connectivity index (χ0v) is 62.2. The summed E-state index contributed by atoms with van der Waals surface area (Å²) in [6.07, 6.45) is 6.60. The van der Waals surface area contributed by atoms with E-state index in [1.165, 1.54) is 117 Å². The highest BCUT2D eigenvalue weighted by Crippen LogP contribution is 2.37. The fourth-order valence-corrected chi connectivity index (χ4v) is 10.1. The van der Waals surface area contributed by atoms with Crippen molar-refractivity contribution in [2.45, 2.75) is 59.3 Å². The molecule has 8 heterocycles. The molecular weight excluding hydrogens is 1570 g/mol. The van der Waals surface area contributed by atoms with Crippen LogP contribution in [0.4, 0.5) is 75.7 Å². The van der Waals surface area contributed by atoms with Gasteiger partial charge in [0.2, 0.25) is 0 Å². The molecule has 5 aromatic carbocycles. The van der Waals surface area contributed by atoms with Gasteiger partial charge in [-0.05, 0) is 166 Å². The maximum absolute atomic E-state index is 13.0. The predicted octanol–water partition coefficient (Wildman–Crippen LogP) is 13.4. The second kappa shape index (κ2) is 37.9. The molecule has 0 unspecified atom stereocenters. The summed E-state index contributed by atoms with van der Waals surface area (Å²) in [5.74, 6) is -0.660. The molecule has 0 fully saturated rings. The maximum Gasteiger partial charge on any atom is 0.416 e.